The van der Waals surface area contributed by atoms with E-state index in [-0.39, 0.29) is 12.4 Å². The van der Waals surface area contributed by atoms with Gasteiger partial charge in [0.25, 0.3) is 0 Å². The van der Waals surface area contributed by atoms with Crippen LogP contribution in [0.15, 0.2) is 18.2 Å². The number of rotatable bonds is 1. The third-order valence-electron chi connectivity index (χ3n) is 3.36. The SMILES string of the molecule is Cc1ccc2c(c1)CC(C)CC2(N)C(=O)O.Cl. The molecule has 1 aromatic carbocycles. The summed E-state index contributed by atoms with van der Waals surface area (Å²) in [5.41, 5.74) is 7.87. The highest BCUT2D eigenvalue weighted by Gasteiger charge is 2.42. The van der Waals surface area contributed by atoms with E-state index in [1.165, 1.54) is 0 Å². The molecule has 0 saturated carbocycles. The van der Waals surface area contributed by atoms with Crippen LogP contribution in [0.1, 0.15) is 30.0 Å². The molecule has 4 heteroatoms. The summed E-state index contributed by atoms with van der Waals surface area (Å²) in [6.07, 6.45) is 1.43. The summed E-state index contributed by atoms with van der Waals surface area (Å²) in [6, 6.07) is 5.85. The van der Waals surface area contributed by atoms with Crippen LogP contribution < -0.4 is 5.73 Å². The van der Waals surface area contributed by atoms with Crippen molar-refractivity contribution in [3.63, 3.8) is 0 Å². The monoisotopic (exact) mass is 255 g/mol. The number of aryl methyl sites for hydroxylation is 1. The number of carboxylic acid groups (broad SMARTS) is 1. The number of halogens is 1. The molecular formula is C13H18ClNO2. The minimum Gasteiger partial charge on any atom is -0.480 e. The summed E-state index contributed by atoms with van der Waals surface area (Å²) in [5, 5.41) is 9.31. The number of carboxylic acids is 1. The van der Waals surface area contributed by atoms with Gasteiger partial charge in [-0.2, -0.15) is 0 Å². The van der Waals surface area contributed by atoms with E-state index in [1.807, 2.05) is 19.1 Å². The van der Waals surface area contributed by atoms with Crippen LogP contribution in [-0.2, 0) is 16.8 Å². The van der Waals surface area contributed by atoms with Crippen molar-refractivity contribution in [2.24, 2.45) is 11.7 Å². The van der Waals surface area contributed by atoms with Crippen molar-refractivity contribution >= 4 is 18.4 Å². The molecule has 1 aliphatic carbocycles. The third kappa shape index (κ3) is 2.31. The number of hydrogen-bond acceptors (Lipinski definition) is 2. The summed E-state index contributed by atoms with van der Waals surface area (Å²) in [4.78, 5) is 11.3. The quantitative estimate of drug-likeness (QED) is 0.809. The summed E-state index contributed by atoms with van der Waals surface area (Å²) in [6.45, 7) is 4.06. The van der Waals surface area contributed by atoms with E-state index in [0.717, 1.165) is 23.1 Å². The van der Waals surface area contributed by atoms with Crippen molar-refractivity contribution in [3.8, 4) is 0 Å². The van der Waals surface area contributed by atoms with Gasteiger partial charge in [0, 0.05) is 0 Å². The van der Waals surface area contributed by atoms with E-state index >= 15 is 0 Å². The molecule has 0 saturated heterocycles. The number of nitrogens with two attached hydrogens (primary N) is 1. The lowest BCUT2D eigenvalue weighted by Gasteiger charge is -2.35. The minimum absolute atomic E-state index is 0. The lowest BCUT2D eigenvalue weighted by molar-refractivity contribution is -0.144. The van der Waals surface area contributed by atoms with E-state index in [4.69, 9.17) is 5.73 Å². The molecule has 2 atom stereocenters. The lowest BCUT2D eigenvalue weighted by Crippen LogP contribution is -2.49. The van der Waals surface area contributed by atoms with Gasteiger partial charge in [-0.15, -0.1) is 12.4 Å². The highest BCUT2D eigenvalue weighted by molar-refractivity contribution is 5.85. The summed E-state index contributed by atoms with van der Waals surface area (Å²) >= 11 is 0. The topological polar surface area (TPSA) is 63.3 Å². The van der Waals surface area contributed by atoms with Crippen LogP contribution in [0.4, 0.5) is 0 Å². The third-order valence-corrected chi connectivity index (χ3v) is 3.36. The van der Waals surface area contributed by atoms with Crippen molar-refractivity contribution in [2.45, 2.75) is 32.2 Å². The molecule has 17 heavy (non-hydrogen) atoms. The Bertz CT molecular complexity index is 447. The summed E-state index contributed by atoms with van der Waals surface area (Å²) in [7, 11) is 0. The number of carbonyl (C=O) groups is 1. The molecule has 94 valence electrons. The maximum Gasteiger partial charge on any atom is 0.328 e. The predicted molar refractivity (Wildman–Crippen MR) is 69.4 cm³/mol. The van der Waals surface area contributed by atoms with Gasteiger partial charge in [-0.25, -0.2) is 4.79 Å². The number of benzene rings is 1. The Morgan fingerprint density at radius 1 is 1.53 bits per heavy atom. The molecule has 2 unspecified atom stereocenters. The zero-order valence-electron chi connectivity index (χ0n) is 10.1. The summed E-state index contributed by atoms with van der Waals surface area (Å²) < 4.78 is 0. The molecule has 3 nitrogen and oxygen atoms in total. The van der Waals surface area contributed by atoms with Gasteiger partial charge < -0.3 is 10.8 Å². The molecule has 0 radical (unpaired) electrons. The Labute approximate surface area is 107 Å². The molecule has 0 heterocycles. The average Bonchev–Trinajstić information content (AvgIpc) is 2.15. The largest absolute Gasteiger partial charge is 0.480 e. The van der Waals surface area contributed by atoms with Crippen molar-refractivity contribution in [2.75, 3.05) is 0 Å². The van der Waals surface area contributed by atoms with Gasteiger partial charge in [-0.3, -0.25) is 0 Å². The van der Waals surface area contributed by atoms with E-state index in [1.54, 1.807) is 0 Å². The second kappa shape index (κ2) is 4.67. The Hall–Kier alpha value is -1.06. The zero-order valence-corrected chi connectivity index (χ0v) is 10.9. The molecule has 0 aromatic heterocycles. The second-order valence-electron chi connectivity index (χ2n) is 4.95. The van der Waals surface area contributed by atoms with Crippen molar-refractivity contribution < 1.29 is 9.90 Å². The number of hydrogen-bond donors (Lipinski definition) is 2. The molecule has 0 fully saturated rings. The zero-order chi connectivity index (χ0) is 11.9. The van der Waals surface area contributed by atoms with Crippen LogP contribution in [-0.4, -0.2) is 11.1 Å². The van der Waals surface area contributed by atoms with Gasteiger partial charge in [0.1, 0.15) is 5.54 Å². The van der Waals surface area contributed by atoms with Gasteiger partial charge in [-0.1, -0.05) is 30.7 Å². The highest BCUT2D eigenvalue weighted by Crippen LogP contribution is 2.36. The smallest absolute Gasteiger partial charge is 0.328 e. The van der Waals surface area contributed by atoms with E-state index in [0.29, 0.717) is 12.3 Å². The van der Waals surface area contributed by atoms with Crippen molar-refractivity contribution in [3.05, 3.63) is 34.9 Å². The van der Waals surface area contributed by atoms with Crippen LogP contribution in [0, 0.1) is 12.8 Å². The Balaban J connectivity index is 0.00000144. The van der Waals surface area contributed by atoms with Crippen LogP contribution in [0.2, 0.25) is 0 Å². The molecule has 1 aromatic rings. The van der Waals surface area contributed by atoms with Gasteiger partial charge >= 0.3 is 5.97 Å². The molecular weight excluding hydrogens is 238 g/mol. The van der Waals surface area contributed by atoms with Crippen LogP contribution >= 0.6 is 12.4 Å². The lowest BCUT2D eigenvalue weighted by atomic mass is 9.72. The first kappa shape index (κ1) is 14.0. The first-order valence-electron chi connectivity index (χ1n) is 5.56. The van der Waals surface area contributed by atoms with Gasteiger partial charge in [-0.05, 0) is 36.8 Å². The standard InChI is InChI=1S/C13H17NO2.ClH/c1-8-3-4-11-10(5-8)6-9(2)7-13(11,14)12(15)16;/h3-5,9H,6-7,14H2,1-2H3,(H,15,16);1H. The van der Waals surface area contributed by atoms with E-state index in [9.17, 15) is 9.90 Å². The fourth-order valence-electron chi connectivity index (χ4n) is 2.64. The Kier molecular flexibility index (Phi) is 3.84. The molecule has 0 aliphatic heterocycles. The van der Waals surface area contributed by atoms with Gasteiger partial charge in [0.15, 0.2) is 0 Å². The molecule has 2 rings (SSSR count). The Morgan fingerprint density at radius 2 is 2.18 bits per heavy atom. The molecule has 3 N–H and O–H groups in total. The van der Waals surface area contributed by atoms with Crippen LogP contribution in [0.5, 0.6) is 0 Å². The maximum absolute atomic E-state index is 11.3. The molecule has 0 spiro atoms. The maximum atomic E-state index is 11.3. The average molecular weight is 256 g/mol. The summed E-state index contributed by atoms with van der Waals surface area (Å²) in [5.74, 6) is -0.612. The molecule has 0 bridgehead atoms. The molecule has 0 amide bonds. The molecule has 1 aliphatic rings. The van der Waals surface area contributed by atoms with Crippen molar-refractivity contribution in [1.82, 2.24) is 0 Å². The van der Waals surface area contributed by atoms with Crippen LogP contribution in [0.3, 0.4) is 0 Å². The number of aliphatic carboxylic acids is 1. The number of fused-ring (bicyclic) bond motifs is 1. The minimum atomic E-state index is -1.21. The predicted octanol–water partition coefficient (Wildman–Crippen LogP) is 2.24. The first-order chi connectivity index (χ1) is 7.43. The van der Waals surface area contributed by atoms with E-state index < -0.39 is 11.5 Å². The van der Waals surface area contributed by atoms with Crippen LogP contribution in [0.25, 0.3) is 0 Å². The fraction of sp³-hybridized carbons (Fsp3) is 0.462. The Morgan fingerprint density at radius 3 is 2.76 bits per heavy atom. The fourth-order valence-corrected chi connectivity index (χ4v) is 2.64. The second-order valence-corrected chi connectivity index (χ2v) is 4.95. The highest BCUT2D eigenvalue weighted by atomic mass is 35.5. The normalized spacial score (nSPS) is 26.9. The first-order valence-corrected chi connectivity index (χ1v) is 5.56. The van der Waals surface area contributed by atoms with Gasteiger partial charge in [0.05, 0.1) is 0 Å². The van der Waals surface area contributed by atoms with E-state index in [2.05, 4.69) is 13.0 Å². The van der Waals surface area contributed by atoms with Crippen molar-refractivity contribution in [1.29, 1.82) is 0 Å². The van der Waals surface area contributed by atoms with Gasteiger partial charge in [0.2, 0.25) is 0 Å².